The van der Waals surface area contributed by atoms with Crippen molar-refractivity contribution in [2.24, 2.45) is 0 Å². The molecule has 2 aromatic heterocycles. The molecular formula is C10H13N5. The molecule has 2 heterocycles. The van der Waals surface area contributed by atoms with E-state index in [1.54, 1.807) is 6.20 Å². The van der Waals surface area contributed by atoms with Gasteiger partial charge in [0.25, 0.3) is 0 Å². The largest absolute Gasteiger partial charge is 0.372 e. The quantitative estimate of drug-likeness (QED) is 0.802. The van der Waals surface area contributed by atoms with Crippen LogP contribution in [0.15, 0.2) is 12.5 Å². The first-order valence-electron chi connectivity index (χ1n) is 4.87. The van der Waals surface area contributed by atoms with Gasteiger partial charge in [0, 0.05) is 19.2 Å². The molecule has 0 aliphatic rings. The van der Waals surface area contributed by atoms with Crippen molar-refractivity contribution in [1.82, 2.24) is 19.9 Å². The zero-order valence-electron chi connectivity index (χ0n) is 9.02. The van der Waals surface area contributed by atoms with E-state index in [1.807, 2.05) is 7.05 Å². The molecule has 0 aromatic carbocycles. The Morgan fingerprint density at radius 2 is 2.07 bits per heavy atom. The highest BCUT2D eigenvalue weighted by Crippen LogP contribution is 2.19. The SMILES string of the molecule is CNc1nc(C(C)C)nc2ncncc12. The van der Waals surface area contributed by atoms with Gasteiger partial charge in [0.2, 0.25) is 0 Å². The molecule has 0 radical (unpaired) electrons. The van der Waals surface area contributed by atoms with Gasteiger partial charge in [-0.15, -0.1) is 0 Å². The van der Waals surface area contributed by atoms with Crippen molar-refractivity contribution in [3.05, 3.63) is 18.3 Å². The number of hydrogen-bond donors (Lipinski definition) is 1. The number of nitrogens with zero attached hydrogens (tertiary/aromatic N) is 4. The number of hydrogen-bond acceptors (Lipinski definition) is 5. The summed E-state index contributed by atoms with van der Waals surface area (Å²) in [5.41, 5.74) is 0.688. The Bertz CT molecular complexity index is 480. The molecule has 5 heteroatoms. The molecule has 0 spiro atoms. The highest BCUT2D eigenvalue weighted by molar-refractivity contribution is 5.85. The van der Waals surface area contributed by atoms with Crippen molar-refractivity contribution in [2.45, 2.75) is 19.8 Å². The smallest absolute Gasteiger partial charge is 0.168 e. The van der Waals surface area contributed by atoms with Gasteiger partial charge in [-0.25, -0.2) is 19.9 Å². The summed E-state index contributed by atoms with van der Waals surface area (Å²) in [5, 5.41) is 3.89. The minimum Gasteiger partial charge on any atom is -0.372 e. The van der Waals surface area contributed by atoms with E-state index in [-0.39, 0.29) is 5.92 Å². The molecule has 0 aliphatic carbocycles. The molecule has 0 unspecified atom stereocenters. The summed E-state index contributed by atoms with van der Waals surface area (Å²) < 4.78 is 0. The number of rotatable bonds is 2. The first-order chi connectivity index (χ1) is 7.22. The van der Waals surface area contributed by atoms with E-state index in [1.165, 1.54) is 6.33 Å². The zero-order chi connectivity index (χ0) is 10.8. The number of nitrogens with one attached hydrogen (secondary N) is 1. The second-order valence-electron chi connectivity index (χ2n) is 3.60. The van der Waals surface area contributed by atoms with Gasteiger partial charge in [-0.2, -0.15) is 0 Å². The maximum absolute atomic E-state index is 4.42. The fraction of sp³-hybridized carbons (Fsp3) is 0.400. The van der Waals surface area contributed by atoms with Crippen LogP contribution in [0, 0.1) is 0 Å². The minimum absolute atomic E-state index is 0.288. The molecule has 78 valence electrons. The summed E-state index contributed by atoms with van der Waals surface area (Å²) in [5.74, 6) is 1.87. The molecule has 0 amide bonds. The molecule has 0 aliphatic heterocycles. The number of anilines is 1. The van der Waals surface area contributed by atoms with Crippen molar-refractivity contribution >= 4 is 16.9 Å². The topological polar surface area (TPSA) is 63.6 Å². The first kappa shape index (κ1) is 9.76. The molecule has 0 saturated heterocycles. The average Bonchev–Trinajstić information content (AvgIpc) is 2.27. The summed E-state index contributed by atoms with van der Waals surface area (Å²) in [7, 11) is 1.83. The van der Waals surface area contributed by atoms with Crippen LogP contribution in [-0.4, -0.2) is 27.0 Å². The van der Waals surface area contributed by atoms with Crippen molar-refractivity contribution < 1.29 is 0 Å². The van der Waals surface area contributed by atoms with Crippen LogP contribution >= 0.6 is 0 Å². The molecule has 5 nitrogen and oxygen atoms in total. The molecule has 0 fully saturated rings. The lowest BCUT2D eigenvalue weighted by Gasteiger charge is -2.08. The van der Waals surface area contributed by atoms with E-state index in [2.05, 4.69) is 39.1 Å². The van der Waals surface area contributed by atoms with Gasteiger partial charge < -0.3 is 5.32 Å². The lowest BCUT2D eigenvalue weighted by atomic mass is 10.2. The normalized spacial score (nSPS) is 10.9. The summed E-state index contributed by atoms with van der Waals surface area (Å²) >= 11 is 0. The fourth-order valence-electron chi connectivity index (χ4n) is 1.34. The van der Waals surface area contributed by atoms with Crippen LogP contribution in [-0.2, 0) is 0 Å². The monoisotopic (exact) mass is 203 g/mol. The van der Waals surface area contributed by atoms with Gasteiger partial charge in [0.15, 0.2) is 5.65 Å². The standard InChI is InChI=1S/C10H13N5/c1-6(2)8-14-9(11-3)7-4-12-5-13-10(7)15-8/h4-6H,1-3H3,(H,11,12,13,14,15). The van der Waals surface area contributed by atoms with Gasteiger partial charge in [-0.05, 0) is 0 Å². The van der Waals surface area contributed by atoms with Gasteiger partial charge in [-0.3, -0.25) is 0 Å². The van der Waals surface area contributed by atoms with E-state index >= 15 is 0 Å². The molecule has 0 saturated carbocycles. The summed E-state index contributed by atoms with van der Waals surface area (Å²) in [6, 6.07) is 0. The second-order valence-corrected chi connectivity index (χ2v) is 3.60. The molecule has 0 atom stereocenters. The molecule has 15 heavy (non-hydrogen) atoms. The minimum atomic E-state index is 0.288. The highest BCUT2D eigenvalue weighted by Gasteiger charge is 2.09. The molecule has 0 bridgehead atoms. The maximum atomic E-state index is 4.42. The molecule has 2 rings (SSSR count). The first-order valence-corrected chi connectivity index (χ1v) is 4.87. The molecule has 1 N–H and O–H groups in total. The van der Waals surface area contributed by atoms with Crippen molar-refractivity contribution in [3.8, 4) is 0 Å². The Hall–Kier alpha value is -1.78. The van der Waals surface area contributed by atoms with E-state index in [0.29, 0.717) is 5.65 Å². The van der Waals surface area contributed by atoms with Crippen molar-refractivity contribution in [2.75, 3.05) is 12.4 Å². The zero-order valence-corrected chi connectivity index (χ0v) is 9.02. The van der Waals surface area contributed by atoms with Crippen molar-refractivity contribution in [1.29, 1.82) is 0 Å². The summed E-state index contributed by atoms with van der Waals surface area (Å²) in [6.07, 6.45) is 3.22. The van der Waals surface area contributed by atoms with Gasteiger partial charge in [-0.1, -0.05) is 13.8 Å². The van der Waals surface area contributed by atoms with Gasteiger partial charge in [0.05, 0.1) is 5.39 Å². The second kappa shape index (κ2) is 3.76. The summed E-state index contributed by atoms with van der Waals surface area (Å²) in [6.45, 7) is 4.11. The lowest BCUT2D eigenvalue weighted by molar-refractivity contribution is 0.781. The third-order valence-corrected chi connectivity index (χ3v) is 2.15. The average molecular weight is 203 g/mol. The van der Waals surface area contributed by atoms with Crippen molar-refractivity contribution in [3.63, 3.8) is 0 Å². The van der Waals surface area contributed by atoms with Crippen LogP contribution in [0.3, 0.4) is 0 Å². The Labute approximate surface area is 88.0 Å². The van der Waals surface area contributed by atoms with Gasteiger partial charge in [0.1, 0.15) is 18.0 Å². The molecular weight excluding hydrogens is 190 g/mol. The van der Waals surface area contributed by atoms with E-state index in [9.17, 15) is 0 Å². The number of aromatic nitrogens is 4. The third-order valence-electron chi connectivity index (χ3n) is 2.15. The van der Waals surface area contributed by atoms with Crippen LogP contribution in [0.1, 0.15) is 25.6 Å². The predicted octanol–water partition coefficient (Wildman–Crippen LogP) is 1.58. The van der Waals surface area contributed by atoms with Crippen LogP contribution in [0.2, 0.25) is 0 Å². The predicted molar refractivity (Wildman–Crippen MR) is 58.8 cm³/mol. The molecule has 2 aromatic rings. The highest BCUT2D eigenvalue weighted by atomic mass is 15.0. The summed E-state index contributed by atoms with van der Waals surface area (Å²) in [4.78, 5) is 16.9. The van der Waals surface area contributed by atoms with E-state index in [0.717, 1.165) is 17.0 Å². The third kappa shape index (κ3) is 1.72. The number of fused-ring (bicyclic) bond motifs is 1. The fourth-order valence-corrected chi connectivity index (χ4v) is 1.34. The Kier molecular flexibility index (Phi) is 2.45. The Morgan fingerprint density at radius 1 is 1.27 bits per heavy atom. The van der Waals surface area contributed by atoms with Crippen LogP contribution in [0.25, 0.3) is 11.0 Å². The van der Waals surface area contributed by atoms with Crippen LogP contribution < -0.4 is 5.32 Å². The maximum Gasteiger partial charge on any atom is 0.168 e. The lowest BCUT2D eigenvalue weighted by Crippen LogP contribution is -2.04. The van der Waals surface area contributed by atoms with E-state index in [4.69, 9.17) is 0 Å². The Balaban J connectivity index is 2.71. The van der Waals surface area contributed by atoms with E-state index < -0.39 is 0 Å². The van der Waals surface area contributed by atoms with Gasteiger partial charge >= 0.3 is 0 Å². The van der Waals surface area contributed by atoms with Crippen LogP contribution in [0.4, 0.5) is 5.82 Å². The Morgan fingerprint density at radius 3 is 2.73 bits per heavy atom. The van der Waals surface area contributed by atoms with Crippen LogP contribution in [0.5, 0.6) is 0 Å².